The summed E-state index contributed by atoms with van der Waals surface area (Å²) in [6, 6.07) is 6.73. The van der Waals surface area contributed by atoms with E-state index < -0.39 is 0 Å². The molecular formula is C13H19FN2O. The quantitative estimate of drug-likeness (QED) is 0.848. The van der Waals surface area contributed by atoms with Crippen molar-refractivity contribution in [3.63, 3.8) is 0 Å². The first-order valence-corrected chi connectivity index (χ1v) is 5.70. The molecule has 4 heteroatoms. The average molecular weight is 238 g/mol. The molecule has 1 N–H and O–H groups in total. The summed E-state index contributed by atoms with van der Waals surface area (Å²) in [5.74, 6) is -0.276. The van der Waals surface area contributed by atoms with Gasteiger partial charge < -0.3 is 5.32 Å². The maximum Gasteiger partial charge on any atom is 0.234 e. The maximum absolute atomic E-state index is 13.4. The van der Waals surface area contributed by atoms with Gasteiger partial charge in [0, 0.05) is 18.2 Å². The lowest BCUT2D eigenvalue weighted by Crippen LogP contribution is -2.38. The minimum absolute atomic E-state index is 0.0427. The van der Waals surface area contributed by atoms with E-state index in [9.17, 15) is 9.18 Å². The number of carbonyl (C=O) groups excluding carboxylic acids is 1. The number of halogens is 1. The number of amides is 1. The summed E-state index contributed by atoms with van der Waals surface area (Å²) < 4.78 is 13.4. The van der Waals surface area contributed by atoms with E-state index in [-0.39, 0.29) is 24.3 Å². The SMILES string of the molecule is CC(C)NC(=O)CN(C)Cc1ccccc1F. The standard InChI is InChI=1S/C13H19FN2O/c1-10(2)15-13(17)9-16(3)8-11-6-4-5-7-12(11)14/h4-7,10H,8-9H2,1-3H3,(H,15,17). The van der Waals surface area contributed by atoms with Gasteiger partial charge in [-0.05, 0) is 27.0 Å². The number of carbonyl (C=O) groups is 1. The van der Waals surface area contributed by atoms with Crippen molar-refractivity contribution >= 4 is 5.91 Å². The van der Waals surface area contributed by atoms with Gasteiger partial charge in [-0.25, -0.2) is 4.39 Å². The summed E-state index contributed by atoms with van der Waals surface area (Å²) in [5.41, 5.74) is 0.604. The topological polar surface area (TPSA) is 32.3 Å². The smallest absolute Gasteiger partial charge is 0.234 e. The van der Waals surface area contributed by atoms with Gasteiger partial charge in [-0.1, -0.05) is 18.2 Å². The third-order valence-corrected chi connectivity index (χ3v) is 2.26. The first kappa shape index (κ1) is 13.6. The minimum atomic E-state index is -0.233. The Morgan fingerprint density at radius 2 is 2.06 bits per heavy atom. The molecular weight excluding hydrogens is 219 g/mol. The molecule has 0 aliphatic carbocycles. The molecule has 0 saturated carbocycles. The lowest BCUT2D eigenvalue weighted by molar-refractivity contribution is -0.122. The van der Waals surface area contributed by atoms with E-state index in [1.165, 1.54) is 6.07 Å². The number of benzene rings is 1. The summed E-state index contributed by atoms with van der Waals surface area (Å²) in [6.45, 7) is 4.52. The number of hydrogen-bond donors (Lipinski definition) is 1. The highest BCUT2D eigenvalue weighted by Gasteiger charge is 2.09. The molecule has 1 rings (SSSR count). The molecule has 1 aromatic carbocycles. The predicted octanol–water partition coefficient (Wildman–Crippen LogP) is 1.78. The minimum Gasteiger partial charge on any atom is -0.353 e. The van der Waals surface area contributed by atoms with Gasteiger partial charge in [-0.15, -0.1) is 0 Å². The maximum atomic E-state index is 13.4. The summed E-state index contributed by atoms with van der Waals surface area (Å²) >= 11 is 0. The van der Waals surface area contributed by atoms with Gasteiger partial charge in [0.15, 0.2) is 0 Å². The van der Waals surface area contributed by atoms with Crippen LogP contribution >= 0.6 is 0 Å². The van der Waals surface area contributed by atoms with Crippen LogP contribution in [0.1, 0.15) is 19.4 Å². The third kappa shape index (κ3) is 4.95. The highest BCUT2D eigenvalue weighted by Crippen LogP contribution is 2.08. The molecule has 0 radical (unpaired) electrons. The summed E-state index contributed by atoms with van der Waals surface area (Å²) in [5, 5.41) is 2.80. The van der Waals surface area contributed by atoms with Crippen LogP contribution in [0, 0.1) is 5.82 Å². The van der Waals surface area contributed by atoms with Crippen molar-refractivity contribution in [3.05, 3.63) is 35.6 Å². The van der Waals surface area contributed by atoms with Crippen LogP contribution in [0.3, 0.4) is 0 Å². The Morgan fingerprint density at radius 1 is 1.41 bits per heavy atom. The molecule has 1 amide bonds. The van der Waals surface area contributed by atoms with Crippen LogP contribution in [-0.2, 0) is 11.3 Å². The number of rotatable bonds is 5. The molecule has 0 aromatic heterocycles. The second-order valence-electron chi connectivity index (χ2n) is 4.49. The fraction of sp³-hybridized carbons (Fsp3) is 0.462. The predicted molar refractivity (Wildman–Crippen MR) is 66.0 cm³/mol. The Labute approximate surface area is 102 Å². The largest absolute Gasteiger partial charge is 0.353 e. The number of hydrogen-bond acceptors (Lipinski definition) is 2. The van der Waals surface area contributed by atoms with Crippen LogP contribution in [0.2, 0.25) is 0 Å². The fourth-order valence-electron chi connectivity index (χ4n) is 1.59. The zero-order chi connectivity index (χ0) is 12.8. The molecule has 0 heterocycles. The average Bonchev–Trinajstić information content (AvgIpc) is 2.19. The third-order valence-electron chi connectivity index (χ3n) is 2.26. The molecule has 0 fully saturated rings. The Morgan fingerprint density at radius 3 is 2.65 bits per heavy atom. The lowest BCUT2D eigenvalue weighted by Gasteiger charge is -2.17. The van der Waals surface area contributed by atoms with E-state index >= 15 is 0 Å². The van der Waals surface area contributed by atoms with Crippen molar-refractivity contribution in [1.82, 2.24) is 10.2 Å². The molecule has 0 bridgehead atoms. The van der Waals surface area contributed by atoms with Gasteiger partial charge in [0.25, 0.3) is 0 Å². The Bertz CT molecular complexity index is 379. The zero-order valence-corrected chi connectivity index (χ0v) is 10.5. The van der Waals surface area contributed by atoms with E-state index in [4.69, 9.17) is 0 Å². The van der Waals surface area contributed by atoms with Crippen molar-refractivity contribution in [1.29, 1.82) is 0 Å². The molecule has 0 saturated heterocycles. The molecule has 0 aliphatic heterocycles. The van der Waals surface area contributed by atoms with E-state index in [1.807, 2.05) is 13.8 Å². The molecule has 3 nitrogen and oxygen atoms in total. The van der Waals surface area contributed by atoms with Gasteiger partial charge in [0.05, 0.1) is 6.54 Å². The van der Waals surface area contributed by atoms with Crippen LogP contribution in [0.25, 0.3) is 0 Å². The Kier molecular flexibility index (Phi) is 5.10. The van der Waals surface area contributed by atoms with E-state index in [1.54, 1.807) is 30.1 Å². The summed E-state index contributed by atoms with van der Waals surface area (Å²) in [4.78, 5) is 13.3. The first-order valence-electron chi connectivity index (χ1n) is 5.70. The van der Waals surface area contributed by atoms with Crippen molar-refractivity contribution in [2.75, 3.05) is 13.6 Å². The summed E-state index contributed by atoms with van der Waals surface area (Å²) in [7, 11) is 1.80. The second-order valence-corrected chi connectivity index (χ2v) is 4.49. The first-order chi connectivity index (χ1) is 7.99. The van der Waals surface area contributed by atoms with E-state index in [0.717, 1.165) is 0 Å². The molecule has 94 valence electrons. The van der Waals surface area contributed by atoms with E-state index in [0.29, 0.717) is 12.1 Å². The number of likely N-dealkylation sites (N-methyl/N-ethyl adjacent to an activating group) is 1. The molecule has 0 atom stereocenters. The van der Waals surface area contributed by atoms with Gasteiger partial charge in [-0.2, -0.15) is 0 Å². The van der Waals surface area contributed by atoms with Crippen LogP contribution < -0.4 is 5.32 Å². The van der Waals surface area contributed by atoms with Crippen molar-refractivity contribution in [3.8, 4) is 0 Å². The lowest BCUT2D eigenvalue weighted by atomic mass is 10.2. The molecule has 0 aliphatic rings. The van der Waals surface area contributed by atoms with Crippen LogP contribution in [0.15, 0.2) is 24.3 Å². The van der Waals surface area contributed by atoms with Gasteiger partial charge in [0.1, 0.15) is 5.82 Å². The second kappa shape index (κ2) is 6.35. The van der Waals surface area contributed by atoms with Crippen molar-refractivity contribution in [2.24, 2.45) is 0 Å². The van der Waals surface area contributed by atoms with Gasteiger partial charge in [-0.3, -0.25) is 9.69 Å². The Balaban J connectivity index is 2.47. The monoisotopic (exact) mass is 238 g/mol. The number of nitrogens with one attached hydrogen (secondary N) is 1. The van der Waals surface area contributed by atoms with Gasteiger partial charge in [0.2, 0.25) is 5.91 Å². The molecule has 0 spiro atoms. The molecule has 1 aromatic rings. The zero-order valence-electron chi connectivity index (χ0n) is 10.5. The summed E-state index contributed by atoms with van der Waals surface area (Å²) in [6.07, 6.45) is 0. The highest BCUT2D eigenvalue weighted by atomic mass is 19.1. The van der Waals surface area contributed by atoms with Crippen molar-refractivity contribution < 1.29 is 9.18 Å². The van der Waals surface area contributed by atoms with Gasteiger partial charge >= 0.3 is 0 Å². The van der Waals surface area contributed by atoms with Crippen molar-refractivity contribution in [2.45, 2.75) is 26.4 Å². The normalized spacial score (nSPS) is 10.9. The van der Waals surface area contributed by atoms with Crippen LogP contribution in [-0.4, -0.2) is 30.4 Å². The van der Waals surface area contributed by atoms with Crippen LogP contribution in [0.5, 0.6) is 0 Å². The highest BCUT2D eigenvalue weighted by molar-refractivity contribution is 5.78. The Hall–Kier alpha value is -1.42. The van der Waals surface area contributed by atoms with Crippen LogP contribution in [0.4, 0.5) is 4.39 Å². The fourth-order valence-corrected chi connectivity index (χ4v) is 1.59. The molecule has 0 unspecified atom stereocenters. The number of nitrogens with zero attached hydrogens (tertiary/aromatic N) is 1. The molecule has 17 heavy (non-hydrogen) atoms. The van der Waals surface area contributed by atoms with E-state index in [2.05, 4.69) is 5.32 Å².